The lowest BCUT2D eigenvalue weighted by atomic mass is 10.1. The number of carbonyl (C=O) groups is 2. The second-order valence-electron chi connectivity index (χ2n) is 7.77. The molecular formula is C24H25N3O5S2. The van der Waals surface area contributed by atoms with E-state index in [4.69, 9.17) is 4.74 Å². The van der Waals surface area contributed by atoms with Gasteiger partial charge < -0.3 is 15.0 Å². The lowest BCUT2D eigenvalue weighted by Crippen LogP contribution is -2.35. The van der Waals surface area contributed by atoms with E-state index in [0.717, 1.165) is 17.7 Å². The second kappa shape index (κ2) is 10.4. The van der Waals surface area contributed by atoms with Crippen molar-refractivity contribution in [3.05, 3.63) is 70.4 Å². The predicted octanol–water partition coefficient (Wildman–Crippen LogP) is 4.00. The number of nitrogens with one attached hydrogen (secondary N) is 2. The van der Waals surface area contributed by atoms with Crippen LogP contribution < -0.4 is 19.7 Å². The molecule has 8 nitrogen and oxygen atoms in total. The molecule has 1 fully saturated rings. The van der Waals surface area contributed by atoms with Gasteiger partial charge in [-0.05, 0) is 66.8 Å². The number of piperidine rings is 1. The molecule has 1 aliphatic rings. The number of nitrogens with zero attached hydrogens (tertiary/aromatic N) is 1. The van der Waals surface area contributed by atoms with Crippen LogP contribution in [0.25, 0.3) is 0 Å². The molecule has 0 aliphatic carbocycles. The van der Waals surface area contributed by atoms with Gasteiger partial charge in [0.1, 0.15) is 5.75 Å². The number of thiophene rings is 1. The molecule has 10 heteroatoms. The first-order valence-corrected chi connectivity index (χ1v) is 13.2. The number of sulfonamides is 1. The van der Waals surface area contributed by atoms with Crippen LogP contribution in [-0.4, -0.2) is 33.9 Å². The van der Waals surface area contributed by atoms with Crippen molar-refractivity contribution in [2.75, 3.05) is 23.9 Å². The minimum atomic E-state index is -3.70. The highest BCUT2D eigenvalue weighted by Gasteiger charge is 2.23. The number of amides is 2. The number of benzene rings is 2. The first-order valence-electron chi connectivity index (χ1n) is 10.8. The van der Waals surface area contributed by atoms with Crippen LogP contribution in [0.4, 0.5) is 11.4 Å². The van der Waals surface area contributed by atoms with Gasteiger partial charge in [-0.2, -0.15) is 0 Å². The van der Waals surface area contributed by atoms with Crippen LogP contribution in [0, 0.1) is 0 Å². The molecule has 3 aromatic rings. The Morgan fingerprint density at radius 3 is 2.59 bits per heavy atom. The van der Waals surface area contributed by atoms with Gasteiger partial charge in [0.05, 0.1) is 17.7 Å². The summed E-state index contributed by atoms with van der Waals surface area (Å²) in [5, 5.41) is 4.69. The molecule has 2 heterocycles. The molecule has 0 unspecified atom stereocenters. The standard InChI is InChI=1S/C24H25N3O5S2/c1-32-22-12-9-18(15-21(22)27-13-3-2-6-23(27)28)26-24(29)17-7-10-20(11-8-17)34(30,31)25-16-19-5-4-14-33-19/h4-5,7-12,14-15,25H,2-3,6,13,16H2,1H3,(H,26,29). The average Bonchev–Trinajstić information content (AvgIpc) is 3.37. The van der Waals surface area contributed by atoms with Gasteiger partial charge in [0, 0.05) is 35.6 Å². The largest absolute Gasteiger partial charge is 0.495 e. The number of carbonyl (C=O) groups excluding carboxylic acids is 2. The zero-order valence-corrected chi connectivity index (χ0v) is 20.2. The molecule has 178 valence electrons. The number of rotatable bonds is 8. The zero-order chi connectivity index (χ0) is 24.1. The molecule has 1 saturated heterocycles. The summed E-state index contributed by atoms with van der Waals surface area (Å²) in [6.07, 6.45) is 2.25. The molecule has 4 rings (SSSR count). The highest BCUT2D eigenvalue weighted by Crippen LogP contribution is 2.33. The normalized spacial score (nSPS) is 14.1. The predicted molar refractivity (Wildman–Crippen MR) is 132 cm³/mol. The van der Waals surface area contributed by atoms with Gasteiger partial charge in [-0.3, -0.25) is 9.59 Å². The van der Waals surface area contributed by atoms with Gasteiger partial charge in [0.2, 0.25) is 15.9 Å². The summed E-state index contributed by atoms with van der Waals surface area (Å²) in [5.41, 5.74) is 1.43. The quantitative estimate of drug-likeness (QED) is 0.487. The molecule has 2 aromatic carbocycles. The fraction of sp³-hybridized carbons (Fsp3) is 0.250. The minimum absolute atomic E-state index is 0.0255. The van der Waals surface area contributed by atoms with E-state index >= 15 is 0 Å². The first kappa shape index (κ1) is 23.9. The van der Waals surface area contributed by atoms with Crippen molar-refractivity contribution in [3.8, 4) is 5.75 Å². The average molecular weight is 500 g/mol. The SMILES string of the molecule is COc1ccc(NC(=O)c2ccc(S(=O)(=O)NCc3cccs3)cc2)cc1N1CCCCC1=O. The maximum atomic E-state index is 12.8. The van der Waals surface area contributed by atoms with Crippen LogP contribution in [0.15, 0.2) is 64.9 Å². The third-order valence-corrected chi connectivity index (χ3v) is 7.79. The van der Waals surface area contributed by atoms with Crippen LogP contribution in [0.5, 0.6) is 5.75 Å². The van der Waals surface area contributed by atoms with E-state index in [2.05, 4.69) is 10.0 Å². The molecule has 0 saturated carbocycles. The zero-order valence-electron chi connectivity index (χ0n) is 18.6. The number of anilines is 2. The van der Waals surface area contributed by atoms with Crippen LogP contribution >= 0.6 is 11.3 Å². The summed E-state index contributed by atoms with van der Waals surface area (Å²) in [6, 6.07) is 14.6. The fourth-order valence-electron chi connectivity index (χ4n) is 3.69. The van der Waals surface area contributed by atoms with Crippen LogP contribution in [0.3, 0.4) is 0 Å². The molecule has 2 N–H and O–H groups in total. The van der Waals surface area contributed by atoms with Crippen LogP contribution in [0.1, 0.15) is 34.5 Å². The molecule has 0 radical (unpaired) electrons. The van der Waals surface area contributed by atoms with Gasteiger partial charge in [-0.1, -0.05) is 6.07 Å². The Kier molecular flexibility index (Phi) is 7.30. The Labute approximate surface area is 202 Å². The third kappa shape index (κ3) is 5.46. The fourth-order valence-corrected chi connectivity index (χ4v) is 5.43. The Bertz CT molecular complexity index is 1270. The summed E-state index contributed by atoms with van der Waals surface area (Å²) in [7, 11) is -2.16. The van der Waals surface area contributed by atoms with Gasteiger partial charge in [-0.25, -0.2) is 13.1 Å². The number of hydrogen-bond acceptors (Lipinski definition) is 6. The van der Waals surface area contributed by atoms with E-state index in [1.807, 2.05) is 17.5 Å². The van der Waals surface area contributed by atoms with E-state index in [0.29, 0.717) is 35.7 Å². The maximum Gasteiger partial charge on any atom is 0.255 e. The molecule has 0 spiro atoms. The van der Waals surface area contributed by atoms with E-state index in [1.54, 1.807) is 23.1 Å². The van der Waals surface area contributed by atoms with Crippen molar-refractivity contribution in [2.45, 2.75) is 30.7 Å². The van der Waals surface area contributed by atoms with Crippen molar-refractivity contribution in [1.29, 1.82) is 0 Å². The summed E-state index contributed by atoms with van der Waals surface area (Å²) in [4.78, 5) is 27.8. The Balaban J connectivity index is 1.46. The van der Waals surface area contributed by atoms with E-state index in [1.165, 1.54) is 42.7 Å². The summed E-state index contributed by atoms with van der Waals surface area (Å²) in [6.45, 7) is 0.810. The molecule has 2 amide bonds. The number of methoxy groups -OCH3 is 1. The van der Waals surface area contributed by atoms with E-state index < -0.39 is 15.9 Å². The lowest BCUT2D eigenvalue weighted by molar-refractivity contribution is -0.119. The van der Waals surface area contributed by atoms with E-state index in [9.17, 15) is 18.0 Å². The third-order valence-electron chi connectivity index (χ3n) is 5.49. The van der Waals surface area contributed by atoms with Crippen molar-refractivity contribution in [3.63, 3.8) is 0 Å². The first-order chi connectivity index (χ1) is 16.4. The van der Waals surface area contributed by atoms with Crippen molar-refractivity contribution in [1.82, 2.24) is 4.72 Å². The lowest BCUT2D eigenvalue weighted by Gasteiger charge is -2.28. The number of ether oxygens (including phenoxy) is 1. The monoisotopic (exact) mass is 499 g/mol. The topological polar surface area (TPSA) is 105 Å². The van der Waals surface area contributed by atoms with Gasteiger partial charge >= 0.3 is 0 Å². The minimum Gasteiger partial charge on any atom is -0.495 e. The van der Waals surface area contributed by atoms with Crippen LogP contribution in [-0.2, 0) is 21.4 Å². The van der Waals surface area contributed by atoms with Crippen molar-refractivity contribution >= 4 is 44.5 Å². The Hall–Kier alpha value is -3.21. The maximum absolute atomic E-state index is 12.8. The van der Waals surface area contributed by atoms with Crippen molar-refractivity contribution < 1.29 is 22.7 Å². The molecule has 1 aromatic heterocycles. The molecular weight excluding hydrogens is 474 g/mol. The summed E-state index contributed by atoms with van der Waals surface area (Å²) in [5.74, 6) is 0.187. The highest BCUT2D eigenvalue weighted by atomic mass is 32.2. The second-order valence-corrected chi connectivity index (χ2v) is 10.6. The summed E-state index contributed by atoms with van der Waals surface area (Å²) < 4.78 is 33.0. The molecule has 1 aliphatic heterocycles. The van der Waals surface area contributed by atoms with E-state index in [-0.39, 0.29) is 17.3 Å². The van der Waals surface area contributed by atoms with Crippen LogP contribution in [0.2, 0.25) is 0 Å². The van der Waals surface area contributed by atoms with Crippen molar-refractivity contribution in [2.24, 2.45) is 0 Å². The summed E-state index contributed by atoms with van der Waals surface area (Å²) >= 11 is 1.47. The smallest absolute Gasteiger partial charge is 0.255 e. The molecule has 0 atom stereocenters. The highest BCUT2D eigenvalue weighted by molar-refractivity contribution is 7.89. The van der Waals surface area contributed by atoms with Gasteiger partial charge in [0.25, 0.3) is 5.91 Å². The molecule has 34 heavy (non-hydrogen) atoms. The number of hydrogen-bond donors (Lipinski definition) is 2. The Morgan fingerprint density at radius 1 is 1.12 bits per heavy atom. The van der Waals surface area contributed by atoms with Gasteiger partial charge in [0.15, 0.2) is 0 Å². The Morgan fingerprint density at radius 2 is 1.91 bits per heavy atom. The van der Waals surface area contributed by atoms with Gasteiger partial charge in [-0.15, -0.1) is 11.3 Å². The molecule has 0 bridgehead atoms.